The molecule has 0 radical (unpaired) electrons. The predicted molar refractivity (Wildman–Crippen MR) is 82.5 cm³/mol. The maximum absolute atomic E-state index is 13.6. The Morgan fingerprint density at radius 1 is 1.57 bits per heavy atom. The van der Waals surface area contributed by atoms with Gasteiger partial charge in [-0.3, -0.25) is 14.9 Å². The molecule has 0 saturated carbocycles. The molecule has 7 nitrogen and oxygen atoms in total. The molecule has 0 aliphatic carbocycles. The lowest BCUT2D eigenvalue weighted by molar-refractivity contribution is -0.384. The van der Waals surface area contributed by atoms with Crippen LogP contribution in [0.5, 0.6) is 0 Å². The average Bonchev–Trinajstić information content (AvgIpc) is 2.50. The summed E-state index contributed by atoms with van der Waals surface area (Å²) in [7, 11) is 0. The number of halogens is 1. The predicted octanol–water partition coefficient (Wildman–Crippen LogP) is 1.77. The molecule has 1 aliphatic rings. The van der Waals surface area contributed by atoms with Crippen molar-refractivity contribution in [1.82, 2.24) is 4.90 Å². The van der Waals surface area contributed by atoms with Crippen LogP contribution in [-0.2, 0) is 4.79 Å². The van der Waals surface area contributed by atoms with Crippen LogP contribution >= 0.6 is 0 Å². The maximum Gasteiger partial charge on any atom is 0.271 e. The first-order valence-electron chi connectivity index (χ1n) is 7.51. The van der Waals surface area contributed by atoms with E-state index in [0.29, 0.717) is 26.1 Å². The summed E-state index contributed by atoms with van der Waals surface area (Å²) in [6.45, 7) is 3.87. The molecule has 1 aromatic rings. The first kappa shape index (κ1) is 17.3. The van der Waals surface area contributed by atoms with Crippen molar-refractivity contribution in [1.29, 1.82) is 0 Å². The third-order valence-corrected chi connectivity index (χ3v) is 4.03. The van der Waals surface area contributed by atoms with Crippen LogP contribution in [0, 0.1) is 21.8 Å². The number of aliphatic hydroxyl groups excluding tert-OH is 1. The molecule has 2 atom stereocenters. The van der Waals surface area contributed by atoms with Gasteiger partial charge < -0.3 is 15.3 Å². The summed E-state index contributed by atoms with van der Waals surface area (Å²) >= 11 is 0. The van der Waals surface area contributed by atoms with Crippen LogP contribution in [0.4, 0.5) is 15.8 Å². The lowest BCUT2D eigenvalue weighted by Gasteiger charge is -2.34. The fourth-order valence-corrected chi connectivity index (χ4v) is 2.62. The third kappa shape index (κ3) is 4.70. The normalized spacial score (nSPS) is 21.9. The quantitative estimate of drug-likeness (QED) is 0.635. The third-order valence-electron chi connectivity index (χ3n) is 4.03. The molecule has 126 valence electrons. The number of aliphatic hydroxyl groups is 1. The highest BCUT2D eigenvalue weighted by Crippen LogP contribution is 2.21. The number of benzene rings is 1. The summed E-state index contributed by atoms with van der Waals surface area (Å²) in [5.41, 5.74) is -0.466. The van der Waals surface area contributed by atoms with E-state index in [2.05, 4.69) is 10.2 Å². The van der Waals surface area contributed by atoms with Gasteiger partial charge in [0.1, 0.15) is 5.82 Å². The van der Waals surface area contributed by atoms with Gasteiger partial charge in [0.15, 0.2) is 0 Å². The van der Waals surface area contributed by atoms with Crippen LogP contribution in [-0.4, -0.2) is 46.6 Å². The maximum atomic E-state index is 13.6. The molecule has 23 heavy (non-hydrogen) atoms. The first-order chi connectivity index (χ1) is 10.9. The van der Waals surface area contributed by atoms with Crippen molar-refractivity contribution >= 4 is 17.3 Å². The summed E-state index contributed by atoms with van der Waals surface area (Å²) in [4.78, 5) is 24.0. The molecule has 1 aliphatic heterocycles. The Balaban J connectivity index is 1.88. The van der Waals surface area contributed by atoms with E-state index in [9.17, 15) is 24.4 Å². The molecular formula is C15H20FN3O4. The fraction of sp³-hybridized carbons (Fsp3) is 0.533. The summed E-state index contributed by atoms with van der Waals surface area (Å²) in [5.74, 6) is -0.956. The molecule has 2 N–H and O–H groups in total. The van der Waals surface area contributed by atoms with Gasteiger partial charge in [-0.1, -0.05) is 6.92 Å². The van der Waals surface area contributed by atoms with E-state index in [4.69, 9.17) is 0 Å². The number of rotatable bonds is 5. The van der Waals surface area contributed by atoms with Crippen LogP contribution < -0.4 is 5.32 Å². The highest BCUT2D eigenvalue weighted by atomic mass is 19.1. The van der Waals surface area contributed by atoms with E-state index < -0.39 is 16.6 Å². The Bertz CT molecular complexity index is 596. The Labute approximate surface area is 133 Å². The molecule has 1 aromatic carbocycles. The van der Waals surface area contributed by atoms with Gasteiger partial charge in [-0.05, 0) is 18.4 Å². The minimum absolute atomic E-state index is 0.154. The second-order valence-electron chi connectivity index (χ2n) is 5.85. The van der Waals surface area contributed by atoms with E-state index in [1.165, 1.54) is 0 Å². The fourth-order valence-electron chi connectivity index (χ4n) is 2.62. The minimum Gasteiger partial charge on any atom is -0.393 e. The van der Waals surface area contributed by atoms with Gasteiger partial charge in [-0.2, -0.15) is 0 Å². The monoisotopic (exact) mass is 325 g/mol. The molecule has 1 amide bonds. The largest absolute Gasteiger partial charge is 0.393 e. The number of piperidine rings is 1. The van der Waals surface area contributed by atoms with E-state index in [0.717, 1.165) is 18.2 Å². The second-order valence-corrected chi connectivity index (χ2v) is 5.85. The van der Waals surface area contributed by atoms with Crippen molar-refractivity contribution in [3.8, 4) is 0 Å². The number of carbonyl (C=O) groups excluding carboxylic acids is 1. The first-order valence-corrected chi connectivity index (χ1v) is 7.51. The summed E-state index contributed by atoms with van der Waals surface area (Å²) in [6.07, 6.45) is 0.520. The molecule has 1 fully saturated rings. The number of amides is 1. The van der Waals surface area contributed by atoms with Gasteiger partial charge in [-0.15, -0.1) is 0 Å². The highest BCUT2D eigenvalue weighted by molar-refractivity contribution is 5.91. The molecule has 2 rings (SSSR count). The van der Waals surface area contributed by atoms with Gasteiger partial charge in [-0.25, -0.2) is 4.39 Å². The molecular weight excluding hydrogens is 305 g/mol. The smallest absolute Gasteiger partial charge is 0.271 e. The van der Waals surface area contributed by atoms with E-state index >= 15 is 0 Å². The van der Waals surface area contributed by atoms with Gasteiger partial charge >= 0.3 is 0 Å². The van der Waals surface area contributed by atoms with Crippen LogP contribution in [0.25, 0.3) is 0 Å². The van der Waals surface area contributed by atoms with E-state index in [1.807, 2.05) is 6.92 Å². The number of nitro groups is 1. The molecule has 2 unspecified atom stereocenters. The second kappa shape index (κ2) is 7.47. The molecule has 1 saturated heterocycles. The molecule has 0 spiro atoms. The zero-order valence-corrected chi connectivity index (χ0v) is 12.9. The molecule has 0 bridgehead atoms. The van der Waals surface area contributed by atoms with Crippen molar-refractivity contribution < 1.29 is 19.2 Å². The number of nitrogens with zero attached hydrogens (tertiary/aromatic N) is 2. The number of nitro benzene ring substituents is 1. The topological polar surface area (TPSA) is 95.7 Å². The van der Waals surface area contributed by atoms with Crippen molar-refractivity contribution in [3.63, 3.8) is 0 Å². The lowest BCUT2D eigenvalue weighted by Crippen LogP contribution is -2.42. The number of anilines is 1. The SMILES string of the molecule is CC1CN(CCC(=O)Nc2cc([N+](=O)[O-])ccc2F)CCC1O. The number of hydrogen-bond donors (Lipinski definition) is 2. The minimum atomic E-state index is -0.710. The Morgan fingerprint density at radius 2 is 2.30 bits per heavy atom. The van der Waals surface area contributed by atoms with Crippen LogP contribution in [0.2, 0.25) is 0 Å². The summed E-state index contributed by atoms with van der Waals surface area (Å²) in [5, 5.41) is 22.7. The van der Waals surface area contributed by atoms with Crippen molar-refractivity contribution in [3.05, 3.63) is 34.1 Å². The zero-order valence-electron chi connectivity index (χ0n) is 12.9. The summed E-state index contributed by atoms with van der Waals surface area (Å²) in [6, 6.07) is 3.01. The molecule has 8 heteroatoms. The Kier molecular flexibility index (Phi) is 5.62. The van der Waals surface area contributed by atoms with Gasteiger partial charge in [0.05, 0.1) is 16.7 Å². The number of nitrogens with one attached hydrogen (secondary N) is 1. The number of hydrogen-bond acceptors (Lipinski definition) is 5. The highest BCUT2D eigenvalue weighted by Gasteiger charge is 2.24. The number of non-ortho nitro benzene ring substituents is 1. The van der Waals surface area contributed by atoms with Gasteiger partial charge in [0, 0.05) is 38.2 Å². The Hall–Kier alpha value is -2.06. The van der Waals surface area contributed by atoms with E-state index in [-0.39, 0.29) is 29.8 Å². The number of likely N-dealkylation sites (tertiary alicyclic amines) is 1. The average molecular weight is 325 g/mol. The van der Waals surface area contributed by atoms with Gasteiger partial charge in [0.2, 0.25) is 5.91 Å². The molecule has 1 heterocycles. The lowest BCUT2D eigenvalue weighted by atomic mass is 9.97. The zero-order chi connectivity index (χ0) is 17.0. The van der Waals surface area contributed by atoms with Crippen LogP contribution in [0.1, 0.15) is 19.8 Å². The van der Waals surface area contributed by atoms with Crippen LogP contribution in [0.3, 0.4) is 0 Å². The van der Waals surface area contributed by atoms with Gasteiger partial charge in [0.25, 0.3) is 5.69 Å². The standard InChI is InChI=1S/C15H20FN3O4/c1-10-9-18(6-4-14(10)20)7-5-15(21)17-13-8-11(19(22)23)2-3-12(13)16/h2-3,8,10,14,20H,4-7,9H2,1H3,(H,17,21). The van der Waals surface area contributed by atoms with Crippen molar-refractivity contribution in [2.45, 2.75) is 25.9 Å². The van der Waals surface area contributed by atoms with Crippen molar-refractivity contribution in [2.75, 3.05) is 25.0 Å². The Morgan fingerprint density at radius 3 is 2.96 bits per heavy atom. The molecule has 0 aromatic heterocycles. The van der Waals surface area contributed by atoms with Crippen molar-refractivity contribution in [2.24, 2.45) is 5.92 Å². The number of carbonyl (C=O) groups is 1. The van der Waals surface area contributed by atoms with E-state index in [1.54, 1.807) is 0 Å². The summed E-state index contributed by atoms with van der Waals surface area (Å²) < 4.78 is 13.6. The van der Waals surface area contributed by atoms with Crippen LogP contribution in [0.15, 0.2) is 18.2 Å².